The smallest absolute Gasteiger partial charge is 0.235 e. The van der Waals surface area contributed by atoms with Gasteiger partial charge in [0.05, 0.1) is 27.8 Å². The number of para-hydroxylation sites is 3. The maximum Gasteiger partial charge on any atom is 0.235 e. The number of hydrogen-bond donors (Lipinski definition) is 0. The molecule has 0 saturated carbocycles. The van der Waals surface area contributed by atoms with E-state index in [4.69, 9.17) is 9.97 Å². The largest absolute Gasteiger partial charge is 0.309 e. The van der Waals surface area contributed by atoms with Crippen molar-refractivity contribution < 1.29 is 0 Å². The van der Waals surface area contributed by atoms with Crippen molar-refractivity contribution in [1.82, 2.24) is 19.1 Å². The quantitative estimate of drug-likeness (QED) is 0.119. The van der Waals surface area contributed by atoms with E-state index in [0.29, 0.717) is 5.95 Å². The molecule has 0 fully saturated rings. The van der Waals surface area contributed by atoms with Gasteiger partial charge in [-0.25, -0.2) is 9.97 Å². The van der Waals surface area contributed by atoms with E-state index in [1.807, 2.05) is 12.3 Å². The van der Waals surface area contributed by atoms with Crippen molar-refractivity contribution in [1.29, 1.82) is 0 Å². The van der Waals surface area contributed by atoms with Crippen LogP contribution in [0.15, 0.2) is 231 Å². The SMILES string of the molecule is c1ccc(-n2c3ccccc3c3ccc4c(ccc5c4c4ccccc4n5-c4nccc(-c5cccc([Si](c6ccccc6)(c6ccccc6)c6ccccc6)c5)n4)c32)cc1. The first-order chi connectivity index (χ1) is 30.3. The summed E-state index contributed by atoms with van der Waals surface area (Å²) >= 11 is 0. The molecule has 12 rings (SSSR count). The first-order valence-corrected chi connectivity index (χ1v) is 22.8. The Morgan fingerprint density at radius 1 is 0.361 bits per heavy atom. The van der Waals surface area contributed by atoms with Crippen LogP contribution in [0.2, 0.25) is 0 Å². The van der Waals surface area contributed by atoms with E-state index >= 15 is 0 Å². The fraction of sp³-hybridized carbons (Fsp3) is 0. The van der Waals surface area contributed by atoms with Gasteiger partial charge in [-0.2, -0.15) is 0 Å². The van der Waals surface area contributed by atoms with Crippen LogP contribution in [0.4, 0.5) is 0 Å². The summed E-state index contributed by atoms with van der Waals surface area (Å²) in [5.74, 6) is 0.644. The van der Waals surface area contributed by atoms with Crippen molar-refractivity contribution in [2.24, 2.45) is 0 Å². The number of rotatable bonds is 7. The summed E-state index contributed by atoms with van der Waals surface area (Å²) in [6.45, 7) is 0. The summed E-state index contributed by atoms with van der Waals surface area (Å²) in [5.41, 5.74) is 7.64. The first-order valence-electron chi connectivity index (χ1n) is 20.8. The van der Waals surface area contributed by atoms with Gasteiger partial charge >= 0.3 is 0 Å². The van der Waals surface area contributed by atoms with Crippen LogP contribution in [0, 0.1) is 0 Å². The van der Waals surface area contributed by atoms with E-state index in [0.717, 1.165) is 28.0 Å². The van der Waals surface area contributed by atoms with Crippen LogP contribution in [0.25, 0.3) is 77.3 Å². The molecule has 0 saturated heterocycles. The van der Waals surface area contributed by atoms with Crippen molar-refractivity contribution >= 4 is 83.2 Å². The minimum absolute atomic E-state index is 0.644. The third-order valence-electron chi connectivity index (χ3n) is 12.5. The van der Waals surface area contributed by atoms with Crippen LogP contribution in [-0.4, -0.2) is 27.2 Å². The van der Waals surface area contributed by atoms with Gasteiger partial charge in [-0.15, -0.1) is 0 Å². The zero-order valence-electron chi connectivity index (χ0n) is 33.2. The predicted octanol–water partition coefficient (Wildman–Crippen LogP) is 10.9. The molecule has 61 heavy (non-hydrogen) atoms. The van der Waals surface area contributed by atoms with Crippen LogP contribution in [0.5, 0.6) is 0 Å². The van der Waals surface area contributed by atoms with Crippen molar-refractivity contribution in [2.45, 2.75) is 0 Å². The van der Waals surface area contributed by atoms with E-state index in [1.165, 1.54) is 64.1 Å². The van der Waals surface area contributed by atoms with Crippen molar-refractivity contribution in [3.05, 3.63) is 231 Å². The standard InChI is InChI=1S/C56H38N4Si/c1-5-19-40(20-6-1)59-51-30-15-13-28-45(51)47-33-32-46-48(55(47)59)34-35-53-54(46)49-29-14-16-31-52(49)60(53)56-57-37-36-50(58-56)39-18-17-27-44(38-39)61(41-21-7-2-8-22-41,42-23-9-3-10-24-42)43-25-11-4-12-26-43/h1-38H. The van der Waals surface area contributed by atoms with Crippen molar-refractivity contribution in [3.63, 3.8) is 0 Å². The molecule has 5 heteroatoms. The molecule has 0 atom stereocenters. The van der Waals surface area contributed by atoms with Gasteiger partial charge in [-0.3, -0.25) is 4.57 Å². The predicted molar refractivity (Wildman–Crippen MR) is 257 cm³/mol. The average Bonchev–Trinajstić information content (AvgIpc) is 3.87. The Balaban J connectivity index is 1.07. The topological polar surface area (TPSA) is 35.6 Å². The second kappa shape index (κ2) is 14.2. The normalized spacial score (nSPS) is 11.9. The second-order valence-electron chi connectivity index (χ2n) is 15.7. The fourth-order valence-corrected chi connectivity index (χ4v) is 14.8. The lowest BCUT2D eigenvalue weighted by molar-refractivity contribution is 0.992. The highest BCUT2D eigenvalue weighted by Gasteiger charge is 2.41. The molecule has 0 radical (unpaired) electrons. The van der Waals surface area contributed by atoms with Gasteiger partial charge < -0.3 is 4.57 Å². The van der Waals surface area contributed by atoms with Crippen molar-refractivity contribution in [3.8, 4) is 22.9 Å². The van der Waals surface area contributed by atoms with Gasteiger partial charge in [-0.05, 0) is 62.5 Å². The monoisotopic (exact) mass is 794 g/mol. The summed E-state index contributed by atoms with van der Waals surface area (Å²) in [5, 5.41) is 12.6. The molecule has 0 spiro atoms. The molecule has 0 N–H and O–H groups in total. The van der Waals surface area contributed by atoms with Crippen LogP contribution in [-0.2, 0) is 0 Å². The van der Waals surface area contributed by atoms with Crippen LogP contribution in [0.3, 0.4) is 0 Å². The van der Waals surface area contributed by atoms with E-state index in [2.05, 4.69) is 228 Å². The summed E-state index contributed by atoms with van der Waals surface area (Å²) in [6, 6.07) is 81.6. The molecule has 12 aromatic rings. The van der Waals surface area contributed by atoms with Gasteiger partial charge in [0.2, 0.25) is 5.95 Å². The van der Waals surface area contributed by atoms with Gasteiger partial charge in [0.1, 0.15) is 0 Å². The molecule has 0 unspecified atom stereocenters. The van der Waals surface area contributed by atoms with Gasteiger partial charge in [0.15, 0.2) is 8.07 Å². The minimum Gasteiger partial charge on any atom is -0.309 e. The molecule has 3 aromatic heterocycles. The molecular formula is C56H38N4Si. The molecular weight excluding hydrogens is 757 g/mol. The highest BCUT2D eigenvalue weighted by molar-refractivity contribution is 7.19. The van der Waals surface area contributed by atoms with E-state index in [9.17, 15) is 0 Å². The number of nitrogens with zero attached hydrogens (tertiary/aromatic N) is 4. The summed E-state index contributed by atoms with van der Waals surface area (Å²) in [4.78, 5) is 10.4. The molecule has 3 heterocycles. The zero-order chi connectivity index (χ0) is 40.3. The summed E-state index contributed by atoms with van der Waals surface area (Å²) in [7, 11) is -2.74. The lowest BCUT2D eigenvalue weighted by Gasteiger charge is -2.34. The summed E-state index contributed by atoms with van der Waals surface area (Å²) in [6.07, 6.45) is 1.91. The maximum absolute atomic E-state index is 5.40. The molecule has 0 aliphatic rings. The Bertz CT molecular complexity index is 3480. The lowest BCUT2D eigenvalue weighted by atomic mass is 10.0. The third kappa shape index (κ3) is 5.38. The number of aromatic nitrogens is 4. The minimum atomic E-state index is -2.74. The summed E-state index contributed by atoms with van der Waals surface area (Å²) < 4.78 is 4.66. The lowest BCUT2D eigenvalue weighted by Crippen LogP contribution is -2.74. The van der Waals surface area contributed by atoms with E-state index in [-0.39, 0.29) is 0 Å². The maximum atomic E-state index is 5.40. The van der Waals surface area contributed by atoms with Gasteiger partial charge in [0.25, 0.3) is 0 Å². The molecule has 0 amide bonds. The molecule has 0 aliphatic heterocycles. The van der Waals surface area contributed by atoms with Crippen LogP contribution < -0.4 is 20.7 Å². The molecule has 0 bridgehead atoms. The Morgan fingerprint density at radius 2 is 0.885 bits per heavy atom. The van der Waals surface area contributed by atoms with Gasteiger partial charge in [-0.1, -0.05) is 188 Å². The third-order valence-corrected chi connectivity index (χ3v) is 17.3. The molecule has 4 nitrogen and oxygen atoms in total. The van der Waals surface area contributed by atoms with E-state index in [1.54, 1.807) is 0 Å². The zero-order valence-corrected chi connectivity index (χ0v) is 34.2. The average molecular weight is 795 g/mol. The molecule has 286 valence electrons. The Hall–Kier alpha value is -7.86. The first kappa shape index (κ1) is 35.1. The van der Waals surface area contributed by atoms with Crippen LogP contribution >= 0.6 is 0 Å². The number of benzene rings is 9. The highest BCUT2D eigenvalue weighted by Crippen LogP contribution is 2.42. The molecule has 9 aromatic carbocycles. The Kier molecular flexibility index (Phi) is 8.15. The second-order valence-corrected chi connectivity index (χ2v) is 19.5. The van der Waals surface area contributed by atoms with Gasteiger partial charge in [0, 0.05) is 44.4 Å². The number of fused-ring (bicyclic) bond motifs is 9. The Labute approximate surface area is 354 Å². The van der Waals surface area contributed by atoms with Crippen molar-refractivity contribution in [2.75, 3.05) is 0 Å². The number of hydrogen-bond acceptors (Lipinski definition) is 2. The molecule has 0 aliphatic carbocycles. The Morgan fingerprint density at radius 3 is 1.56 bits per heavy atom. The highest BCUT2D eigenvalue weighted by atomic mass is 28.3. The fourth-order valence-electron chi connectivity index (χ4n) is 9.99. The van der Waals surface area contributed by atoms with E-state index < -0.39 is 8.07 Å². The van der Waals surface area contributed by atoms with Crippen LogP contribution in [0.1, 0.15) is 0 Å².